The first kappa shape index (κ1) is 20.6. The normalized spacial score (nSPS) is 12.1. The van der Waals surface area contributed by atoms with Crippen LogP contribution in [0.25, 0.3) is 11.3 Å². The second-order valence-corrected chi connectivity index (χ2v) is 7.34. The second-order valence-electron chi connectivity index (χ2n) is 7.34. The molecule has 0 fully saturated rings. The van der Waals surface area contributed by atoms with E-state index in [1.165, 1.54) is 11.1 Å². The molecule has 1 amide bonds. The summed E-state index contributed by atoms with van der Waals surface area (Å²) < 4.78 is 10.6. The number of carbonyl (C=O) groups is 1. The number of methoxy groups -OCH3 is 1. The average Bonchev–Trinajstić information content (AvgIpc) is 3.20. The molecule has 0 radical (unpaired) electrons. The van der Waals surface area contributed by atoms with Gasteiger partial charge >= 0.3 is 0 Å². The van der Waals surface area contributed by atoms with E-state index in [0.29, 0.717) is 12.3 Å². The van der Waals surface area contributed by atoms with Crippen molar-refractivity contribution in [2.24, 2.45) is 0 Å². The minimum absolute atomic E-state index is 0.0241. The van der Waals surface area contributed by atoms with Gasteiger partial charge in [-0.1, -0.05) is 29.4 Å². The van der Waals surface area contributed by atoms with Gasteiger partial charge in [0.25, 0.3) is 5.91 Å². The molecule has 29 heavy (non-hydrogen) atoms. The minimum atomic E-state index is -0.260. The van der Waals surface area contributed by atoms with E-state index in [4.69, 9.17) is 9.26 Å². The summed E-state index contributed by atoms with van der Waals surface area (Å²) in [5.74, 6) is 1.12. The van der Waals surface area contributed by atoms with E-state index >= 15 is 0 Å². The molecule has 0 aliphatic carbocycles. The zero-order chi connectivity index (χ0) is 21.0. The van der Waals surface area contributed by atoms with Gasteiger partial charge in [-0.15, -0.1) is 0 Å². The Labute approximate surface area is 171 Å². The van der Waals surface area contributed by atoms with Crippen LogP contribution in [0.2, 0.25) is 0 Å². The molecular weight excluding hydrogens is 366 g/mol. The van der Waals surface area contributed by atoms with Crippen molar-refractivity contribution in [3.63, 3.8) is 0 Å². The van der Waals surface area contributed by atoms with Crippen molar-refractivity contribution < 1.29 is 14.1 Å². The van der Waals surface area contributed by atoms with Crippen molar-refractivity contribution in [3.8, 4) is 17.1 Å². The van der Waals surface area contributed by atoms with E-state index in [-0.39, 0.29) is 17.6 Å². The van der Waals surface area contributed by atoms with Crippen LogP contribution in [-0.4, -0.2) is 43.7 Å². The SMILES string of the molecule is COc1ccc([C@@H](CNC(=O)c2cc(-c3ccc(C)c(C)c3)on2)N(C)C)cc1. The van der Waals surface area contributed by atoms with Crippen molar-refractivity contribution in [1.82, 2.24) is 15.4 Å². The first-order valence-corrected chi connectivity index (χ1v) is 9.52. The summed E-state index contributed by atoms with van der Waals surface area (Å²) in [6.45, 7) is 4.55. The number of aromatic nitrogens is 1. The van der Waals surface area contributed by atoms with Crippen LogP contribution >= 0.6 is 0 Å². The number of carbonyl (C=O) groups excluding carboxylic acids is 1. The second kappa shape index (κ2) is 8.92. The lowest BCUT2D eigenvalue weighted by atomic mass is 10.0. The predicted molar refractivity (Wildman–Crippen MR) is 113 cm³/mol. The van der Waals surface area contributed by atoms with Crippen LogP contribution in [0.4, 0.5) is 0 Å². The molecular formula is C23H27N3O3. The van der Waals surface area contributed by atoms with Crippen molar-refractivity contribution in [3.05, 3.63) is 70.9 Å². The Bertz CT molecular complexity index is 977. The molecule has 3 aromatic rings. The molecule has 152 valence electrons. The molecule has 0 spiro atoms. The van der Waals surface area contributed by atoms with Gasteiger partial charge in [-0.3, -0.25) is 4.79 Å². The first-order chi connectivity index (χ1) is 13.9. The Hall–Kier alpha value is -3.12. The molecule has 0 saturated heterocycles. The van der Waals surface area contributed by atoms with Gasteiger partial charge in [-0.05, 0) is 62.8 Å². The monoisotopic (exact) mass is 393 g/mol. The number of likely N-dealkylation sites (N-methyl/N-ethyl adjacent to an activating group) is 1. The summed E-state index contributed by atoms with van der Waals surface area (Å²) in [7, 11) is 5.60. The highest BCUT2D eigenvalue weighted by Crippen LogP contribution is 2.24. The number of nitrogens with one attached hydrogen (secondary N) is 1. The van der Waals surface area contributed by atoms with Gasteiger partial charge in [0, 0.05) is 18.2 Å². The highest BCUT2D eigenvalue weighted by Gasteiger charge is 2.18. The van der Waals surface area contributed by atoms with Gasteiger partial charge in [0.15, 0.2) is 11.5 Å². The summed E-state index contributed by atoms with van der Waals surface area (Å²) in [6, 6.07) is 15.6. The predicted octanol–water partition coefficient (Wildman–Crippen LogP) is 4.00. The fourth-order valence-corrected chi connectivity index (χ4v) is 3.12. The summed E-state index contributed by atoms with van der Waals surface area (Å²) in [5, 5.41) is 6.90. The van der Waals surface area contributed by atoms with E-state index in [2.05, 4.69) is 22.3 Å². The quantitative estimate of drug-likeness (QED) is 0.657. The van der Waals surface area contributed by atoms with Crippen LogP contribution < -0.4 is 10.1 Å². The number of benzene rings is 2. The Morgan fingerprint density at radius 3 is 2.45 bits per heavy atom. The lowest BCUT2D eigenvalue weighted by molar-refractivity contribution is 0.0933. The number of aryl methyl sites for hydroxylation is 2. The fourth-order valence-electron chi connectivity index (χ4n) is 3.12. The number of hydrogen-bond donors (Lipinski definition) is 1. The van der Waals surface area contributed by atoms with E-state index in [9.17, 15) is 4.79 Å². The van der Waals surface area contributed by atoms with E-state index in [1.54, 1.807) is 13.2 Å². The van der Waals surface area contributed by atoms with Crippen molar-refractivity contribution >= 4 is 5.91 Å². The third kappa shape index (κ3) is 4.84. The van der Waals surface area contributed by atoms with Gasteiger partial charge in [0.2, 0.25) is 0 Å². The summed E-state index contributed by atoms with van der Waals surface area (Å²) in [4.78, 5) is 14.7. The van der Waals surface area contributed by atoms with Gasteiger partial charge in [0.05, 0.1) is 13.2 Å². The molecule has 0 unspecified atom stereocenters. The number of amides is 1. The average molecular weight is 393 g/mol. The van der Waals surface area contributed by atoms with Crippen molar-refractivity contribution in [1.29, 1.82) is 0 Å². The molecule has 6 nitrogen and oxygen atoms in total. The smallest absolute Gasteiger partial charge is 0.273 e. The largest absolute Gasteiger partial charge is 0.497 e. The zero-order valence-electron chi connectivity index (χ0n) is 17.5. The maximum Gasteiger partial charge on any atom is 0.273 e. The van der Waals surface area contributed by atoms with Crippen LogP contribution in [0.3, 0.4) is 0 Å². The van der Waals surface area contributed by atoms with E-state index in [1.807, 2.05) is 63.5 Å². The van der Waals surface area contributed by atoms with Crippen LogP contribution in [0, 0.1) is 13.8 Å². The summed E-state index contributed by atoms with van der Waals surface area (Å²) >= 11 is 0. The van der Waals surface area contributed by atoms with Crippen molar-refractivity contribution in [2.45, 2.75) is 19.9 Å². The maximum absolute atomic E-state index is 12.6. The third-order valence-electron chi connectivity index (χ3n) is 5.11. The molecule has 1 N–H and O–H groups in total. The van der Waals surface area contributed by atoms with Gasteiger partial charge < -0.3 is 19.5 Å². The minimum Gasteiger partial charge on any atom is -0.497 e. The molecule has 1 atom stereocenters. The molecule has 1 aromatic heterocycles. The first-order valence-electron chi connectivity index (χ1n) is 9.52. The third-order valence-corrected chi connectivity index (χ3v) is 5.11. The molecule has 2 aromatic carbocycles. The van der Waals surface area contributed by atoms with Crippen LogP contribution in [0.5, 0.6) is 5.75 Å². The number of rotatable bonds is 7. The van der Waals surface area contributed by atoms with E-state index < -0.39 is 0 Å². The standard InChI is InChI=1S/C23H27N3O3/c1-15-6-7-18(12-16(15)2)22-13-20(25-29-22)23(27)24-14-21(26(3)4)17-8-10-19(28-5)11-9-17/h6-13,21H,14H2,1-5H3,(H,24,27)/t21-/m1/s1. The van der Waals surface area contributed by atoms with E-state index in [0.717, 1.165) is 16.9 Å². The number of hydrogen-bond acceptors (Lipinski definition) is 5. The van der Waals surface area contributed by atoms with Gasteiger partial charge in [-0.2, -0.15) is 0 Å². The summed E-state index contributed by atoms with van der Waals surface area (Å²) in [6.07, 6.45) is 0. The lowest BCUT2D eigenvalue weighted by Crippen LogP contribution is -2.34. The van der Waals surface area contributed by atoms with Gasteiger partial charge in [-0.25, -0.2) is 0 Å². The Morgan fingerprint density at radius 1 is 1.10 bits per heavy atom. The van der Waals surface area contributed by atoms with Crippen molar-refractivity contribution in [2.75, 3.05) is 27.7 Å². The Balaban J connectivity index is 1.69. The molecule has 0 bridgehead atoms. The van der Waals surface area contributed by atoms with Crippen LogP contribution in [-0.2, 0) is 0 Å². The molecule has 3 rings (SSSR count). The zero-order valence-corrected chi connectivity index (χ0v) is 17.5. The van der Waals surface area contributed by atoms with Crippen LogP contribution in [0.15, 0.2) is 53.1 Å². The molecule has 1 heterocycles. The Morgan fingerprint density at radius 2 is 1.83 bits per heavy atom. The number of nitrogens with zero attached hydrogens (tertiary/aromatic N) is 2. The van der Waals surface area contributed by atoms with Crippen LogP contribution in [0.1, 0.15) is 33.2 Å². The summed E-state index contributed by atoms with van der Waals surface area (Å²) in [5.41, 5.74) is 4.64. The number of ether oxygens (including phenoxy) is 1. The van der Waals surface area contributed by atoms with Gasteiger partial charge in [0.1, 0.15) is 5.75 Å². The molecule has 0 aliphatic rings. The maximum atomic E-state index is 12.6. The highest BCUT2D eigenvalue weighted by atomic mass is 16.5. The molecule has 0 aliphatic heterocycles. The topological polar surface area (TPSA) is 67.6 Å². The fraction of sp³-hybridized carbons (Fsp3) is 0.304. The molecule has 0 saturated carbocycles. The highest BCUT2D eigenvalue weighted by molar-refractivity contribution is 5.93. The lowest BCUT2D eigenvalue weighted by Gasteiger charge is -2.25. The molecule has 6 heteroatoms. The Kier molecular flexibility index (Phi) is 6.34.